The van der Waals surface area contributed by atoms with E-state index >= 15 is 0 Å². The Bertz CT molecular complexity index is 91.7. The number of hydrogen-bond donors (Lipinski definition) is 2. The summed E-state index contributed by atoms with van der Waals surface area (Å²) in [5.41, 5.74) is 0. The van der Waals surface area contributed by atoms with E-state index < -0.39 is 6.10 Å². The van der Waals surface area contributed by atoms with Crippen molar-refractivity contribution >= 4 is 5.78 Å². The molecule has 0 aromatic heterocycles. The monoisotopic (exact) mass is 101 g/mol. The van der Waals surface area contributed by atoms with Crippen LogP contribution in [0.4, 0.5) is 0 Å². The number of aliphatic hydroxyl groups excluding tert-OH is 1. The zero-order valence-corrected chi connectivity index (χ0v) is 3.85. The molecular formula is C4H7NO2. The van der Waals surface area contributed by atoms with Gasteiger partial charge in [0.2, 0.25) is 0 Å². The molecule has 1 atom stereocenters. The first-order chi connectivity index (χ1) is 3.30. The lowest BCUT2D eigenvalue weighted by atomic mass is 10.3. The number of β-amino-alcohol motifs (C(OH)–C–C–N with tert-alkyl or cyclic N) is 1. The standard InChI is InChI=1S/C4H7NO2/c6-3-1-5-2-4(3)7/h3,5-6H,1-2H2/t3-/m1/s1. The summed E-state index contributed by atoms with van der Waals surface area (Å²) in [6, 6.07) is 0. The molecule has 7 heavy (non-hydrogen) atoms. The number of hydrogen-bond acceptors (Lipinski definition) is 3. The molecule has 40 valence electrons. The zero-order chi connectivity index (χ0) is 5.28. The minimum atomic E-state index is -0.736. The van der Waals surface area contributed by atoms with E-state index in [-0.39, 0.29) is 5.78 Å². The van der Waals surface area contributed by atoms with Crippen LogP contribution in [0.3, 0.4) is 0 Å². The van der Waals surface area contributed by atoms with Crippen molar-refractivity contribution < 1.29 is 9.90 Å². The van der Waals surface area contributed by atoms with Crippen molar-refractivity contribution in [3.8, 4) is 0 Å². The summed E-state index contributed by atoms with van der Waals surface area (Å²) < 4.78 is 0. The van der Waals surface area contributed by atoms with Gasteiger partial charge in [-0.2, -0.15) is 0 Å². The number of nitrogens with one attached hydrogen (secondary N) is 1. The molecule has 2 N–H and O–H groups in total. The maximum absolute atomic E-state index is 10.3. The van der Waals surface area contributed by atoms with E-state index in [0.29, 0.717) is 13.1 Å². The average Bonchev–Trinajstić information content (AvgIpc) is 1.91. The Kier molecular flexibility index (Phi) is 1.08. The molecule has 0 saturated carbocycles. The second kappa shape index (κ2) is 1.60. The van der Waals surface area contributed by atoms with Crippen molar-refractivity contribution in [1.82, 2.24) is 5.32 Å². The molecule has 0 radical (unpaired) electrons. The molecular weight excluding hydrogens is 94.0 g/mol. The lowest BCUT2D eigenvalue weighted by molar-refractivity contribution is -0.122. The van der Waals surface area contributed by atoms with Crippen molar-refractivity contribution in [1.29, 1.82) is 0 Å². The molecule has 0 aliphatic carbocycles. The van der Waals surface area contributed by atoms with Crippen molar-refractivity contribution in [2.45, 2.75) is 6.10 Å². The second-order valence-corrected chi connectivity index (χ2v) is 1.61. The highest BCUT2D eigenvalue weighted by Gasteiger charge is 2.19. The van der Waals surface area contributed by atoms with Crippen LogP contribution in [0.2, 0.25) is 0 Å². The number of carbonyl (C=O) groups is 1. The van der Waals surface area contributed by atoms with Crippen LogP contribution in [0.25, 0.3) is 0 Å². The lowest BCUT2D eigenvalue weighted by Gasteiger charge is -1.89. The van der Waals surface area contributed by atoms with Crippen molar-refractivity contribution in [2.24, 2.45) is 0 Å². The summed E-state index contributed by atoms with van der Waals surface area (Å²) in [7, 11) is 0. The fourth-order valence-electron chi connectivity index (χ4n) is 0.564. The summed E-state index contributed by atoms with van der Waals surface area (Å²) in [5, 5.41) is 11.3. The third kappa shape index (κ3) is 0.783. The molecule has 0 aromatic carbocycles. The SMILES string of the molecule is O=C1CNC[C@H]1O. The predicted octanol–water partition coefficient (Wildman–Crippen LogP) is -1.48. The minimum absolute atomic E-state index is 0.0972. The summed E-state index contributed by atoms with van der Waals surface area (Å²) >= 11 is 0. The first kappa shape index (κ1) is 4.74. The maximum Gasteiger partial charge on any atom is 0.176 e. The van der Waals surface area contributed by atoms with Gasteiger partial charge in [0.05, 0.1) is 6.54 Å². The Hall–Kier alpha value is -0.410. The van der Waals surface area contributed by atoms with Gasteiger partial charge in [0.15, 0.2) is 5.78 Å². The van der Waals surface area contributed by atoms with Gasteiger partial charge in [0.1, 0.15) is 6.10 Å². The highest BCUT2D eigenvalue weighted by molar-refractivity contribution is 5.86. The van der Waals surface area contributed by atoms with Crippen LogP contribution < -0.4 is 5.32 Å². The smallest absolute Gasteiger partial charge is 0.176 e. The predicted molar refractivity (Wildman–Crippen MR) is 23.9 cm³/mol. The van der Waals surface area contributed by atoms with E-state index in [1.807, 2.05) is 0 Å². The number of Topliss-reactive ketones (excluding diaryl/α,β-unsaturated/α-hetero) is 1. The quantitative estimate of drug-likeness (QED) is 0.391. The van der Waals surface area contributed by atoms with E-state index in [1.165, 1.54) is 0 Å². The van der Waals surface area contributed by atoms with E-state index in [2.05, 4.69) is 5.32 Å². The molecule has 1 heterocycles. The van der Waals surface area contributed by atoms with Gasteiger partial charge in [-0.05, 0) is 0 Å². The Morgan fingerprint density at radius 2 is 2.57 bits per heavy atom. The second-order valence-electron chi connectivity index (χ2n) is 1.61. The topological polar surface area (TPSA) is 49.3 Å². The van der Waals surface area contributed by atoms with Crippen LogP contribution in [0.15, 0.2) is 0 Å². The fourth-order valence-corrected chi connectivity index (χ4v) is 0.564. The molecule has 0 unspecified atom stereocenters. The number of carbonyl (C=O) groups excluding carboxylic acids is 1. The molecule has 0 aromatic rings. The summed E-state index contributed by atoms with van der Waals surface area (Å²) in [6.07, 6.45) is -0.736. The lowest BCUT2D eigenvalue weighted by Crippen LogP contribution is -2.16. The van der Waals surface area contributed by atoms with Gasteiger partial charge in [0.25, 0.3) is 0 Å². The Balaban J connectivity index is 2.48. The Morgan fingerprint density at radius 3 is 2.71 bits per heavy atom. The molecule has 3 heteroatoms. The highest BCUT2D eigenvalue weighted by Crippen LogP contribution is 1.88. The van der Waals surface area contributed by atoms with Gasteiger partial charge in [-0.3, -0.25) is 4.79 Å². The van der Waals surface area contributed by atoms with E-state index in [4.69, 9.17) is 5.11 Å². The van der Waals surface area contributed by atoms with Gasteiger partial charge >= 0.3 is 0 Å². The number of rotatable bonds is 0. The van der Waals surface area contributed by atoms with Crippen LogP contribution in [-0.4, -0.2) is 30.1 Å². The molecule has 1 aliphatic rings. The van der Waals surface area contributed by atoms with E-state index in [9.17, 15) is 4.79 Å². The van der Waals surface area contributed by atoms with Crippen molar-refractivity contribution in [3.63, 3.8) is 0 Å². The van der Waals surface area contributed by atoms with E-state index in [0.717, 1.165) is 0 Å². The largest absolute Gasteiger partial charge is 0.384 e. The molecule has 1 aliphatic heterocycles. The van der Waals surface area contributed by atoms with Crippen LogP contribution in [-0.2, 0) is 4.79 Å². The molecule has 0 amide bonds. The summed E-state index contributed by atoms with van der Waals surface area (Å²) in [4.78, 5) is 10.3. The van der Waals surface area contributed by atoms with Gasteiger partial charge < -0.3 is 10.4 Å². The average molecular weight is 101 g/mol. The van der Waals surface area contributed by atoms with Gasteiger partial charge in [-0.1, -0.05) is 0 Å². The highest BCUT2D eigenvalue weighted by atomic mass is 16.3. The summed E-state index contributed by atoms with van der Waals surface area (Å²) in [6.45, 7) is 0.764. The molecule has 0 bridgehead atoms. The first-order valence-electron chi connectivity index (χ1n) is 2.22. The fraction of sp³-hybridized carbons (Fsp3) is 0.750. The molecule has 3 nitrogen and oxygen atoms in total. The van der Waals surface area contributed by atoms with Crippen LogP contribution in [0, 0.1) is 0 Å². The van der Waals surface area contributed by atoms with Gasteiger partial charge in [-0.25, -0.2) is 0 Å². The van der Waals surface area contributed by atoms with Gasteiger partial charge in [-0.15, -0.1) is 0 Å². The number of ketones is 1. The molecule has 0 spiro atoms. The van der Waals surface area contributed by atoms with Crippen LogP contribution >= 0.6 is 0 Å². The Morgan fingerprint density at radius 1 is 1.86 bits per heavy atom. The third-order valence-corrected chi connectivity index (χ3v) is 1.01. The van der Waals surface area contributed by atoms with Crippen LogP contribution in [0.5, 0.6) is 0 Å². The summed E-state index contributed by atoms with van der Waals surface area (Å²) in [5.74, 6) is -0.0972. The minimum Gasteiger partial charge on any atom is -0.384 e. The normalized spacial score (nSPS) is 31.6. The van der Waals surface area contributed by atoms with Crippen molar-refractivity contribution in [2.75, 3.05) is 13.1 Å². The maximum atomic E-state index is 10.3. The Labute approximate surface area is 41.3 Å². The van der Waals surface area contributed by atoms with Crippen LogP contribution in [0.1, 0.15) is 0 Å². The number of aliphatic hydroxyl groups is 1. The molecule has 1 fully saturated rings. The van der Waals surface area contributed by atoms with E-state index in [1.54, 1.807) is 0 Å². The molecule has 1 rings (SSSR count). The first-order valence-corrected chi connectivity index (χ1v) is 2.22. The third-order valence-electron chi connectivity index (χ3n) is 1.01. The zero-order valence-electron chi connectivity index (χ0n) is 3.85. The van der Waals surface area contributed by atoms with Gasteiger partial charge in [0, 0.05) is 6.54 Å². The van der Waals surface area contributed by atoms with Crippen molar-refractivity contribution in [3.05, 3.63) is 0 Å². The molecule has 1 saturated heterocycles.